The highest BCUT2D eigenvalue weighted by Crippen LogP contribution is 2.60. The van der Waals surface area contributed by atoms with Gasteiger partial charge in [-0.25, -0.2) is 4.79 Å². The van der Waals surface area contributed by atoms with E-state index in [0.29, 0.717) is 42.5 Å². The van der Waals surface area contributed by atoms with Crippen LogP contribution in [0.25, 0.3) is 0 Å². The lowest BCUT2D eigenvalue weighted by Gasteiger charge is -2.55. The molecule has 4 fully saturated rings. The van der Waals surface area contributed by atoms with E-state index >= 15 is 0 Å². The summed E-state index contributed by atoms with van der Waals surface area (Å²) in [6.45, 7) is 0.748. The molecule has 3 aromatic carbocycles. The normalized spacial score (nSPS) is 25.2. The summed E-state index contributed by atoms with van der Waals surface area (Å²) in [5.74, 6) is 1.91. The number of nitrogens with one attached hydrogen (secondary N) is 1. The molecule has 1 atom stereocenters. The van der Waals surface area contributed by atoms with Crippen molar-refractivity contribution in [1.29, 1.82) is 0 Å². The Kier molecular flexibility index (Phi) is 7.50. The molecule has 4 saturated carbocycles. The number of benzene rings is 3. The molecule has 4 bridgehead atoms. The summed E-state index contributed by atoms with van der Waals surface area (Å²) in [5.41, 5.74) is 2.45. The number of carbonyl (C=O) groups is 2. The van der Waals surface area contributed by atoms with Crippen molar-refractivity contribution < 1.29 is 24.2 Å². The molecule has 0 spiro atoms. The zero-order valence-corrected chi connectivity index (χ0v) is 22.8. The Morgan fingerprint density at radius 2 is 1.27 bits per heavy atom. The van der Waals surface area contributed by atoms with E-state index < -0.39 is 12.0 Å². The van der Waals surface area contributed by atoms with E-state index in [1.165, 1.54) is 19.3 Å². The van der Waals surface area contributed by atoms with E-state index in [-0.39, 0.29) is 17.7 Å². The second-order valence-electron chi connectivity index (χ2n) is 12.1. The molecular weight excluding hydrogens is 502 g/mol. The van der Waals surface area contributed by atoms with Crippen molar-refractivity contribution >= 4 is 11.9 Å². The maximum Gasteiger partial charge on any atom is 0.326 e. The van der Waals surface area contributed by atoms with Crippen molar-refractivity contribution in [3.63, 3.8) is 0 Å². The van der Waals surface area contributed by atoms with Gasteiger partial charge in [-0.05, 0) is 85.1 Å². The summed E-state index contributed by atoms with van der Waals surface area (Å²) in [5, 5.41) is 13.0. The second-order valence-corrected chi connectivity index (χ2v) is 12.1. The van der Waals surface area contributed by atoms with Gasteiger partial charge < -0.3 is 19.9 Å². The highest BCUT2D eigenvalue weighted by Gasteiger charge is 2.55. The molecule has 6 nitrogen and oxygen atoms in total. The van der Waals surface area contributed by atoms with Crippen LogP contribution in [-0.2, 0) is 29.2 Å². The summed E-state index contributed by atoms with van der Waals surface area (Å²) in [6.07, 6.45) is 6.60. The molecule has 0 radical (unpaired) electrons. The summed E-state index contributed by atoms with van der Waals surface area (Å²) >= 11 is 0. The van der Waals surface area contributed by atoms with Crippen LogP contribution in [0.2, 0.25) is 0 Å². The Labute approximate surface area is 235 Å². The minimum absolute atomic E-state index is 0.0673. The van der Waals surface area contributed by atoms with Crippen LogP contribution < -0.4 is 14.8 Å². The third-order valence-corrected chi connectivity index (χ3v) is 9.05. The Hall–Kier alpha value is -3.80. The molecule has 4 aliphatic carbocycles. The molecule has 0 aromatic heterocycles. The van der Waals surface area contributed by atoms with Gasteiger partial charge in [0.05, 0.1) is 0 Å². The van der Waals surface area contributed by atoms with E-state index in [4.69, 9.17) is 9.47 Å². The number of hydrogen-bond acceptors (Lipinski definition) is 4. The predicted octanol–water partition coefficient (Wildman–Crippen LogP) is 6.17. The van der Waals surface area contributed by atoms with Gasteiger partial charge in [0, 0.05) is 11.8 Å². The van der Waals surface area contributed by atoms with Gasteiger partial charge in [0.15, 0.2) is 11.5 Å². The monoisotopic (exact) mass is 539 g/mol. The number of aliphatic carboxylic acids is 1. The Morgan fingerprint density at radius 3 is 1.80 bits per heavy atom. The van der Waals surface area contributed by atoms with Crippen LogP contribution in [0.3, 0.4) is 0 Å². The van der Waals surface area contributed by atoms with E-state index in [0.717, 1.165) is 36.0 Å². The lowest BCUT2D eigenvalue weighted by Crippen LogP contribution is -2.56. The summed E-state index contributed by atoms with van der Waals surface area (Å²) in [7, 11) is 0. The lowest BCUT2D eigenvalue weighted by atomic mass is 9.49. The molecule has 0 heterocycles. The van der Waals surface area contributed by atoms with E-state index in [9.17, 15) is 14.7 Å². The number of rotatable bonds is 11. The van der Waals surface area contributed by atoms with Crippen LogP contribution in [0.5, 0.6) is 11.5 Å². The van der Waals surface area contributed by atoms with Gasteiger partial charge in [-0.1, -0.05) is 66.7 Å². The largest absolute Gasteiger partial charge is 0.485 e. The molecule has 7 rings (SSSR count). The first kappa shape index (κ1) is 26.4. The number of carboxylic acids is 1. The fourth-order valence-corrected chi connectivity index (χ4v) is 7.52. The quantitative estimate of drug-likeness (QED) is 0.304. The van der Waals surface area contributed by atoms with Crippen molar-refractivity contribution in [2.45, 2.75) is 64.2 Å². The summed E-state index contributed by atoms with van der Waals surface area (Å²) in [6, 6.07) is 24.3. The van der Waals surface area contributed by atoms with E-state index in [1.54, 1.807) is 0 Å². The van der Waals surface area contributed by atoms with Gasteiger partial charge in [-0.2, -0.15) is 0 Å². The van der Waals surface area contributed by atoms with Gasteiger partial charge in [-0.3, -0.25) is 4.79 Å². The predicted molar refractivity (Wildman–Crippen MR) is 152 cm³/mol. The smallest absolute Gasteiger partial charge is 0.326 e. The zero-order valence-electron chi connectivity index (χ0n) is 22.8. The third kappa shape index (κ3) is 5.86. The Bertz CT molecular complexity index is 1300. The molecule has 4 aliphatic rings. The van der Waals surface area contributed by atoms with Gasteiger partial charge in [0.2, 0.25) is 5.91 Å². The molecular formula is C34H37NO5. The molecule has 40 heavy (non-hydrogen) atoms. The molecule has 6 heteroatoms. The molecule has 3 aromatic rings. The number of ether oxygens (including phenoxy) is 2. The SMILES string of the molecule is O=C(O)[C@@H](Cc1ccc(OCc2ccccc2)c(OCc2ccccc2)c1)NC(=O)C12CC3CC(CC(C3)C1)C2. The van der Waals surface area contributed by atoms with Crippen molar-refractivity contribution in [2.24, 2.45) is 23.2 Å². The van der Waals surface area contributed by atoms with Crippen LogP contribution in [0, 0.1) is 23.2 Å². The summed E-state index contributed by atoms with van der Waals surface area (Å²) < 4.78 is 12.3. The first-order valence-corrected chi connectivity index (χ1v) is 14.5. The minimum Gasteiger partial charge on any atom is -0.485 e. The van der Waals surface area contributed by atoms with Crippen LogP contribution in [0.4, 0.5) is 0 Å². The van der Waals surface area contributed by atoms with Gasteiger partial charge in [-0.15, -0.1) is 0 Å². The van der Waals surface area contributed by atoms with Crippen molar-refractivity contribution in [1.82, 2.24) is 5.32 Å². The average molecular weight is 540 g/mol. The third-order valence-electron chi connectivity index (χ3n) is 9.05. The van der Waals surface area contributed by atoms with Gasteiger partial charge in [0.1, 0.15) is 19.3 Å². The van der Waals surface area contributed by atoms with Crippen molar-refractivity contribution in [3.8, 4) is 11.5 Å². The van der Waals surface area contributed by atoms with Gasteiger partial charge >= 0.3 is 5.97 Å². The van der Waals surface area contributed by atoms with E-state index in [2.05, 4.69) is 5.32 Å². The Morgan fingerprint density at radius 1 is 0.750 bits per heavy atom. The van der Waals surface area contributed by atoms with E-state index in [1.807, 2.05) is 78.9 Å². The molecule has 1 amide bonds. The number of carbonyl (C=O) groups excluding carboxylic acids is 1. The van der Waals surface area contributed by atoms with Crippen LogP contribution in [-0.4, -0.2) is 23.0 Å². The first-order chi connectivity index (χ1) is 19.5. The molecule has 208 valence electrons. The second kappa shape index (κ2) is 11.4. The lowest BCUT2D eigenvalue weighted by molar-refractivity contribution is -0.151. The highest BCUT2D eigenvalue weighted by molar-refractivity contribution is 5.88. The highest BCUT2D eigenvalue weighted by atomic mass is 16.5. The fourth-order valence-electron chi connectivity index (χ4n) is 7.52. The molecule has 0 aliphatic heterocycles. The molecule has 0 unspecified atom stereocenters. The molecule has 0 saturated heterocycles. The number of carboxylic acid groups (broad SMARTS) is 1. The summed E-state index contributed by atoms with van der Waals surface area (Å²) in [4.78, 5) is 25.9. The fraction of sp³-hybridized carbons (Fsp3) is 0.412. The van der Waals surface area contributed by atoms with Crippen LogP contribution >= 0.6 is 0 Å². The maximum atomic E-state index is 13.6. The zero-order chi connectivity index (χ0) is 27.5. The minimum atomic E-state index is -1.02. The Balaban J connectivity index is 1.18. The topological polar surface area (TPSA) is 84.9 Å². The average Bonchev–Trinajstić information content (AvgIpc) is 2.95. The van der Waals surface area contributed by atoms with Crippen molar-refractivity contribution in [3.05, 3.63) is 95.6 Å². The van der Waals surface area contributed by atoms with Crippen molar-refractivity contribution in [2.75, 3.05) is 0 Å². The maximum absolute atomic E-state index is 13.6. The number of amides is 1. The van der Waals surface area contributed by atoms with Gasteiger partial charge in [0.25, 0.3) is 0 Å². The van der Waals surface area contributed by atoms with Crippen LogP contribution in [0.15, 0.2) is 78.9 Å². The molecule has 2 N–H and O–H groups in total. The van der Waals surface area contributed by atoms with Crippen LogP contribution in [0.1, 0.15) is 55.2 Å². The first-order valence-electron chi connectivity index (χ1n) is 14.5. The number of hydrogen-bond donors (Lipinski definition) is 2. The standard InChI is InChI=1S/C34H37NO5/c36-32(37)29(35-33(38)34-18-26-13-27(19-34)15-28(14-26)20-34)16-25-11-12-30(39-21-23-7-3-1-4-8-23)31(17-25)40-22-24-9-5-2-6-10-24/h1-12,17,26-29H,13-16,18-22H2,(H,35,38)(H,36,37)/t26?,27?,28?,29-,34?/m1/s1.